The van der Waals surface area contributed by atoms with Crippen LogP contribution >= 0.6 is 0 Å². The van der Waals surface area contributed by atoms with E-state index in [4.69, 9.17) is 9.52 Å². The fourth-order valence-electron chi connectivity index (χ4n) is 2.67. The van der Waals surface area contributed by atoms with Crippen LogP contribution in [0.5, 0.6) is 0 Å². The predicted molar refractivity (Wildman–Crippen MR) is 73.7 cm³/mol. The molecule has 5 nitrogen and oxygen atoms in total. The second-order valence-electron chi connectivity index (χ2n) is 5.64. The molecular formula is C15H21NO4. The number of carboxylic acids is 1. The van der Waals surface area contributed by atoms with Crippen LogP contribution in [0.4, 0.5) is 0 Å². The molecule has 0 bridgehead atoms. The molecule has 1 aromatic rings. The number of carbonyl (C=O) groups excluding carboxylic acids is 1. The van der Waals surface area contributed by atoms with Gasteiger partial charge in [-0.05, 0) is 30.4 Å². The number of hydrogen-bond acceptors (Lipinski definition) is 3. The van der Waals surface area contributed by atoms with Crippen molar-refractivity contribution < 1.29 is 19.1 Å². The molecular weight excluding hydrogens is 258 g/mol. The van der Waals surface area contributed by atoms with Gasteiger partial charge >= 0.3 is 5.97 Å². The molecule has 20 heavy (non-hydrogen) atoms. The minimum Gasteiger partial charge on any atom is -0.475 e. The molecule has 1 aromatic heterocycles. The summed E-state index contributed by atoms with van der Waals surface area (Å²) in [5, 5.41) is 11.5. The van der Waals surface area contributed by atoms with Gasteiger partial charge in [-0.15, -0.1) is 0 Å². The van der Waals surface area contributed by atoms with Gasteiger partial charge in [-0.3, -0.25) is 4.79 Å². The summed E-state index contributed by atoms with van der Waals surface area (Å²) in [6.45, 7) is 2.90. The van der Waals surface area contributed by atoms with Crippen molar-refractivity contribution in [3.05, 3.63) is 23.7 Å². The van der Waals surface area contributed by atoms with Crippen LogP contribution in [-0.2, 0) is 0 Å². The van der Waals surface area contributed by atoms with E-state index in [1.54, 1.807) is 0 Å². The first-order chi connectivity index (χ1) is 9.56. The van der Waals surface area contributed by atoms with Crippen molar-refractivity contribution in [3.8, 4) is 0 Å². The number of hydrogen-bond donors (Lipinski definition) is 2. The molecule has 0 radical (unpaired) electrons. The van der Waals surface area contributed by atoms with Crippen LogP contribution in [0.2, 0.25) is 0 Å². The molecule has 1 fully saturated rings. The highest BCUT2D eigenvalue weighted by atomic mass is 16.4. The van der Waals surface area contributed by atoms with Gasteiger partial charge in [-0.25, -0.2) is 4.79 Å². The highest BCUT2D eigenvalue weighted by molar-refractivity contribution is 5.93. The average Bonchev–Trinajstić information content (AvgIpc) is 2.91. The minimum atomic E-state index is -1.17. The lowest BCUT2D eigenvalue weighted by Crippen LogP contribution is -2.26. The summed E-state index contributed by atoms with van der Waals surface area (Å²) in [4.78, 5) is 22.4. The number of rotatable bonds is 5. The molecule has 0 aliphatic heterocycles. The third kappa shape index (κ3) is 3.85. The van der Waals surface area contributed by atoms with E-state index in [2.05, 4.69) is 12.2 Å². The normalized spacial score (nSPS) is 22.4. The van der Waals surface area contributed by atoms with E-state index in [0.29, 0.717) is 12.5 Å². The zero-order valence-corrected chi connectivity index (χ0v) is 11.7. The Morgan fingerprint density at radius 3 is 2.50 bits per heavy atom. The summed E-state index contributed by atoms with van der Waals surface area (Å²) in [6, 6.07) is 2.68. The maximum absolute atomic E-state index is 11.8. The van der Waals surface area contributed by atoms with Crippen molar-refractivity contribution in [1.82, 2.24) is 5.32 Å². The van der Waals surface area contributed by atoms with E-state index < -0.39 is 5.97 Å². The first-order valence-corrected chi connectivity index (χ1v) is 7.17. The lowest BCUT2D eigenvalue weighted by Gasteiger charge is -2.25. The Bertz CT molecular complexity index is 472. The van der Waals surface area contributed by atoms with Gasteiger partial charge in [0.05, 0.1) is 0 Å². The fraction of sp³-hybridized carbons (Fsp3) is 0.600. The van der Waals surface area contributed by atoms with Crippen molar-refractivity contribution >= 4 is 11.9 Å². The Labute approximate surface area is 118 Å². The molecule has 0 saturated heterocycles. The number of carbonyl (C=O) groups is 2. The van der Waals surface area contributed by atoms with Gasteiger partial charge in [0.1, 0.15) is 0 Å². The molecule has 1 saturated carbocycles. The van der Waals surface area contributed by atoms with Crippen molar-refractivity contribution in [2.45, 2.75) is 39.0 Å². The maximum atomic E-state index is 11.8. The largest absolute Gasteiger partial charge is 0.475 e. The van der Waals surface area contributed by atoms with Crippen molar-refractivity contribution in [1.29, 1.82) is 0 Å². The lowest BCUT2D eigenvalue weighted by molar-refractivity contribution is 0.0659. The van der Waals surface area contributed by atoms with Crippen LogP contribution in [0.3, 0.4) is 0 Å². The monoisotopic (exact) mass is 279 g/mol. The molecule has 0 atom stereocenters. The van der Waals surface area contributed by atoms with Gasteiger partial charge in [0.15, 0.2) is 5.76 Å². The molecule has 1 aliphatic rings. The van der Waals surface area contributed by atoms with Gasteiger partial charge in [-0.1, -0.05) is 32.6 Å². The molecule has 2 rings (SSSR count). The van der Waals surface area contributed by atoms with Gasteiger partial charge < -0.3 is 14.8 Å². The molecule has 0 spiro atoms. The Kier molecular flexibility index (Phi) is 4.82. The second kappa shape index (κ2) is 6.59. The number of furan rings is 1. The quantitative estimate of drug-likeness (QED) is 0.868. The summed E-state index contributed by atoms with van der Waals surface area (Å²) < 4.78 is 4.95. The number of aromatic carboxylic acids is 1. The van der Waals surface area contributed by atoms with Crippen LogP contribution in [0, 0.1) is 11.8 Å². The summed E-state index contributed by atoms with van der Waals surface area (Å²) in [7, 11) is 0. The number of carboxylic acid groups (broad SMARTS) is 1. The molecule has 2 N–H and O–H groups in total. The molecule has 1 aliphatic carbocycles. The van der Waals surface area contributed by atoms with Crippen molar-refractivity contribution in [2.75, 3.05) is 6.54 Å². The minimum absolute atomic E-state index is 0.0552. The van der Waals surface area contributed by atoms with E-state index >= 15 is 0 Å². The first-order valence-electron chi connectivity index (χ1n) is 7.17. The Morgan fingerprint density at radius 1 is 1.25 bits per heavy atom. The van der Waals surface area contributed by atoms with Gasteiger partial charge in [0.25, 0.3) is 5.91 Å². The standard InChI is InChI=1S/C15H21NO4/c1-10-2-4-11(5-3-10)8-9-16-14(17)12-6-7-13(20-12)15(18)19/h6-7,10-11H,2-5,8-9H2,1H3,(H,16,17)(H,18,19). The van der Waals surface area contributed by atoms with Crippen LogP contribution < -0.4 is 5.32 Å². The second-order valence-corrected chi connectivity index (χ2v) is 5.64. The zero-order valence-electron chi connectivity index (χ0n) is 11.7. The predicted octanol–water partition coefficient (Wildman–Crippen LogP) is 2.92. The van der Waals surface area contributed by atoms with E-state index in [0.717, 1.165) is 12.3 Å². The third-order valence-electron chi connectivity index (χ3n) is 4.01. The highest BCUT2D eigenvalue weighted by Crippen LogP contribution is 2.29. The van der Waals surface area contributed by atoms with E-state index in [-0.39, 0.29) is 17.4 Å². The van der Waals surface area contributed by atoms with Crippen molar-refractivity contribution in [3.63, 3.8) is 0 Å². The molecule has 1 amide bonds. The van der Waals surface area contributed by atoms with Crippen LogP contribution in [-0.4, -0.2) is 23.5 Å². The Morgan fingerprint density at radius 2 is 1.90 bits per heavy atom. The summed E-state index contributed by atoms with van der Waals surface area (Å²) >= 11 is 0. The van der Waals surface area contributed by atoms with Crippen molar-refractivity contribution in [2.24, 2.45) is 11.8 Å². The molecule has 110 valence electrons. The smallest absolute Gasteiger partial charge is 0.371 e. The van der Waals surface area contributed by atoms with E-state index in [1.807, 2.05) is 0 Å². The van der Waals surface area contributed by atoms with Gasteiger partial charge in [0, 0.05) is 6.54 Å². The third-order valence-corrected chi connectivity index (χ3v) is 4.01. The van der Waals surface area contributed by atoms with Gasteiger partial charge in [-0.2, -0.15) is 0 Å². The lowest BCUT2D eigenvalue weighted by atomic mass is 9.81. The van der Waals surface area contributed by atoms with Crippen LogP contribution in [0.15, 0.2) is 16.5 Å². The topological polar surface area (TPSA) is 79.5 Å². The van der Waals surface area contributed by atoms with Crippen LogP contribution in [0.1, 0.15) is 60.1 Å². The highest BCUT2D eigenvalue weighted by Gasteiger charge is 2.19. The Balaban J connectivity index is 1.73. The van der Waals surface area contributed by atoms with E-state index in [1.165, 1.54) is 37.8 Å². The Hall–Kier alpha value is -1.78. The zero-order chi connectivity index (χ0) is 14.5. The average molecular weight is 279 g/mol. The molecule has 0 unspecified atom stereocenters. The number of amides is 1. The van der Waals surface area contributed by atoms with Crippen LogP contribution in [0.25, 0.3) is 0 Å². The molecule has 0 aromatic carbocycles. The number of nitrogens with one attached hydrogen (secondary N) is 1. The first kappa shape index (κ1) is 14.6. The molecule has 5 heteroatoms. The maximum Gasteiger partial charge on any atom is 0.371 e. The van der Waals surface area contributed by atoms with E-state index in [9.17, 15) is 9.59 Å². The molecule has 1 heterocycles. The van der Waals surface area contributed by atoms with Gasteiger partial charge in [0.2, 0.25) is 5.76 Å². The fourth-order valence-corrected chi connectivity index (χ4v) is 2.67. The SMILES string of the molecule is CC1CCC(CCNC(=O)c2ccc(C(=O)O)o2)CC1. The summed E-state index contributed by atoms with van der Waals surface area (Å²) in [5.74, 6) is -0.144. The summed E-state index contributed by atoms with van der Waals surface area (Å²) in [5.41, 5.74) is 0. The summed E-state index contributed by atoms with van der Waals surface area (Å²) in [6.07, 6.45) is 6.00.